The number of hydrogen-bond acceptors (Lipinski definition) is 5. The van der Waals surface area contributed by atoms with Gasteiger partial charge in [0.1, 0.15) is 11.6 Å². The molecule has 1 aliphatic heterocycles. The molecule has 9 heteroatoms. The van der Waals surface area contributed by atoms with Crippen molar-refractivity contribution in [3.05, 3.63) is 93.8 Å². The molecule has 0 aliphatic carbocycles. The highest BCUT2D eigenvalue weighted by Crippen LogP contribution is 2.25. The van der Waals surface area contributed by atoms with E-state index in [2.05, 4.69) is 20.2 Å². The van der Waals surface area contributed by atoms with E-state index in [0.717, 1.165) is 11.1 Å². The molecule has 1 saturated heterocycles. The smallest absolute Gasteiger partial charge is 0.255 e. The van der Waals surface area contributed by atoms with Crippen LogP contribution >= 0.6 is 0 Å². The standard InChI is InChI=1S/C27H30FN5O3/c1-18(25(35)31-23-10-6-20(15-29-23)14-19-4-8-22(28)9-5-19)32-12-13-33(27(2,3)17-32)26(36)21-7-11-24(34)30-16-21/h4-11,15-16,18H,12-14,17H2,1-3H3,(H,30,34)(H,29,31,35)/t18-/m0/s1. The highest BCUT2D eigenvalue weighted by Gasteiger charge is 2.39. The van der Waals surface area contributed by atoms with Crippen molar-refractivity contribution in [2.24, 2.45) is 0 Å². The first-order valence-corrected chi connectivity index (χ1v) is 11.9. The van der Waals surface area contributed by atoms with Crippen molar-refractivity contribution >= 4 is 17.6 Å². The van der Waals surface area contributed by atoms with Gasteiger partial charge in [-0.1, -0.05) is 18.2 Å². The van der Waals surface area contributed by atoms with Gasteiger partial charge in [0.05, 0.1) is 17.1 Å². The van der Waals surface area contributed by atoms with Gasteiger partial charge in [0, 0.05) is 38.1 Å². The molecule has 3 heterocycles. The molecule has 2 aromatic heterocycles. The third-order valence-corrected chi connectivity index (χ3v) is 6.53. The second kappa shape index (κ2) is 10.4. The van der Waals surface area contributed by atoms with Gasteiger partial charge in [0.15, 0.2) is 0 Å². The number of carbonyl (C=O) groups excluding carboxylic acids is 2. The van der Waals surface area contributed by atoms with Gasteiger partial charge in [-0.3, -0.25) is 19.3 Å². The summed E-state index contributed by atoms with van der Waals surface area (Å²) in [5, 5.41) is 2.87. The first-order valence-electron chi connectivity index (χ1n) is 11.9. The van der Waals surface area contributed by atoms with Gasteiger partial charge in [-0.15, -0.1) is 0 Å². The number of nitrogens with one attached hydrogen (secondary N) is 2. The fourth-order valence-electron chi connectivity index (χ4n) is 4.44. The minimum atomic E-state index is -0.514. The predicted octanol–water partition coefficient (Wildman–Crippen LogP) is 3.06. The maximum atomic E-state index is 13.1. The first-order chi connectivity index (χ1) is 17.1. The molecule has 4 rings (SSSR count). The lowest BCUT2D eigenvalue weighted by atomic mass is 9.96. The average molecular weight is 492 g/mol. The Morgan fingerprint density at radius 1 is 1.08 bits per heavy atom. The summed E-state index contributed by atoms with van der Waals surface area (Å²) in [5.41, 5.74) is 1.59. The summed E-state index contributed by atoms with van der Waals surface area (Å²) in [7, 11) is 0. The summed E-state index contributed by atoms with van der Waals surface area (Å²) in [6, 6.07) is 12.4. The highest BCUT2D eigenvalue weighted by molar-refractivity contribution is 5.95. The van der Waals surface area contributed by atoms with Gasteiger partial charge >= 0.3 is 0 Å². The number of halogens is 1. The van der Waals surface area contributed by atoms with E-state index in [1.165, 1.54) is 30.5 Å². The van der Waals surface area contributed by atoms with E-state index in [1.807, 2.05) is 26.8 Å². The topological polar surface area (TPSA) is 98.4 Å². The number of pyridine rings is 2. The molecule has 8 nitrogen and oxygen atoms in total. The van der Waals surface area contributed by atoms with Crippen LogP contribution in [0.4, 0.5) is 10.2 Å². The van der Waals surface area contributed by atoms with E-state index in [1.54, 1.807) is 29.3 Å². The molecule has 2 N–H and O–H groups in total. The molecule has 1 atom stereocenters. The predicted molar refractivity (Wildman–Crippen MR) is 135 cm³/mol. The van der Waals surface area contributed by atoms with Crippen LogP contribution in [0.3, 0.4) is 0 Å². The molecule has 2 amide bonds. The number of hydrogen-bond donors (Lipinski definition) is 2. The fraction of sp³-hybridized carbons (Fsp3) is 0.333. The third-order valence-electron chi connectivity index (χ3n) is 6.53. The Bertz CT molecular complexity index is 1270. The summed E-state index contributed by atoms with van der Waals surface area (Å²) in [6.45, 7) is 7.29. The van der Waals surface area contributed by atoms with Crippen LogP contribution in [0.1, 0.15) is 42.3 Å². The van der Waals surface area contributed by atoms with Crippen LogP contribution < -0.4 is 10.9 Å². The number of anilines is 1. The Kier molecular flexibility index (Phi) is 7.30. The van der Waals surface area contributed by atoms with Crippen LogP contribution in [0.5, 0.6) is 0 Å². The van der Waals surface area contributed by atoms with Crippen molar-refractivity contribution < 1.29 is 14.0 Å². The largest absolute Gasteiger partial charge is 0.331 e. The summed E-state index contributed by atoms with van der Waals surface area (Å²) in [5.74, 6) is -0.141. The summed E-state index contributed by atoms with van der Waals surface area (Å²) >= 11 is 0. The Morgan fingerprint density at radius 2 is 1.81 bits per heavy atom. The monoisotopic (exact) mass is 491 g/mol. The molecule has 0 radical (unpaired) electrons. The molecule has 188 valence electrons. The van der Waals surface area contributed by atoms with Crippen LogP contribution in [0.25, 0.3) is 0 Å². The van der Waals surface area contributed by atoms with Gasteiger partial charge in [-0.05, 0) is 62.6 Å². The summed E-state index contributed by atoms with van der Waals surface area (Å²) in [4.78, 5) is 48.0. The molecule has 0 saturated carbocycles. The zero-order valence-corrected chi connectivity index (χ0v) is 20.6. The van der Waals surface area contributed by atoms with Gasteiger partial charge in [0.25, 0.3) is 5.91 Å². The third kappa shape index (κ3) is 5.85. The van der Waals surface area contributed by atoms with Gasteiger partial charge in [0.2, 0.25) is 11.5 Å². The van der Waals surface area contributed by atoms with Crippen molar-refractivity contribution in [1.82, 2.24) is 19.8 Å². The minimum absolute atomic E-state index is 0.155. The number of carbonyl (C=O) groups is 2. The number of H-pyrrole nitrogens is 1. The van der Waals surface area contributed by atoms with Crippen LogP contribution in [-0.2, 0) is 11.2 Å². The van der Waals surface area contributed by atoms with E-state index in [9.17, 15) is 18.8 Å². The summed E-state index contributed by atoms with van der Waals surface area (Å²) < 4.78 is 13.1. The fourth-order valence-corrected chi connectivity index (χ4v) is 4.44. The Balaban J connectivity index is 1.34. The van der Waals surface area contributed by atoms with E-state index >= 15 is 0 Å². The molecule has 0 unspecified atom stereocenters. The van der Waals surface area contributed by atoms with Crippen LogP contribution in [0.15, 0.2) is 65.7 Å². The van der Waals surface area contributed by atoms with E-state index in [-0.39, 0.29) is 23.2 Å². The molecule has 36 heavy (non-hydrogen) atoms. The number of rotatable bonds is 6. The van der Waals surface area contributed by atoms with Crippen LogP contribution in [0.2, 0.25) is 0 Å². The Labute approximate surface area is 209 Å². The number of piperazine rings is 1. The SMILES string of the molecule is C[C@@H](C(=O)Nc1ccc(Cc2ccc(F)cc2)cn1)N1CCN(C(=O)c2ccc(=O)[nH]c2)C(C)(C)C1. The molecule has 1 fully saturated rings. The first kappa shape index (κ1) is 25.2. The van der Waals surface area contributed by atoms with E-state index < -0.39 is 11.6 Å². The Morgan fingerprint density at radius 3 is 2.42 bits per heavy atom. The maximum Gasteiger partial charge on any atom is 0.255 e. The highest BCUT2D eigenvalue weighted by atomic mass is 19.1. The lowest BCUT2D eigenvalue weighted by Crippen LogP contribution is -2.63. The molecule has 0 bridgehead atoms. The van der Waals surface area contributed by atoms with Crippen molar-refractivity contribution in [3.63, 3.8) is 0 Å². The molecule has 3 aromatic rings. The van der Waals surface area contributed by atoms with Crippen molar-refractivity contribution in [1.29, 1.82) is 0 Å². The average Bonchev–Trinajstić information content (AvgIpc) is 2.85. The lowest BCUT2D eigenvalue weighted by molar-refractivity contribution is -0.122. The van der Waals surface area contributed by atoms with E-state index in [4.69, 9.17) is 0 Å². The van der Waals surface area contributed by atoms with Crippen molar-refractivity contribution in [2.45, 2.75) is 38.8 Å². The lowest BCUT2D eigenvalue weighted by Gasteiger charge is -2.48. The second-order valence-corrected chi connectivity index (χ2v) is 9.70. The maximum absolute atomic E-state index is 13.1. The molecular weight excluding hydrogens is 461 g/mol. The van der Waals surface area contributed by atoms with Gasteiger partial charge in [-0.2, -0.15) is 0 Å². The van der Waals surface area contributed by atoms with Crippen LogP contribution in [0, 0.1) is 5.82 Å². The molecule has 1 aliphatic rings. The number of nitrogens with zero attached hydrogens (tertiary/aromatic N) is 3. The molecular formula is C27H30FN5O3. The zero-order valence-electron chi connectivity index (χ0n) is 20.6. The zero-order chi connectivity index (χ0) is 25.9. The van der Waals surface area contributed by atoms with E-state index in [0.29, 0.717) is 37.4 Å². The van der Waals surface area contributed by atoms with Crippen LogP contribution in [-0.4, -0.2) is 62.8 Å². The van der Waals surface area contributed by atoms with Crippen molar-refractivity contribution in [3.8, 4) is 0 Å². The number of aromatic amines is 1. The number of amides is 2. The molecule has 0 spiro atoms. The van der Waals surface area contributed by atoms with Gasteiger partial charge < -0.3 is 15.2 Å². The van der Waals surface area contributed by atoms with Crippen molar-refractivity contribution in [2.75, 3.05) is 25.0 Å². The van der Waals surface area contributed by atoms with Gasteiger partial charge in [-0.25, -0.2) is 9.37 Å². The summed E-state index contributed by atoms with van der Waals surface area (Å²) in [6.07, 6.45) is 3.75. The number of benzene rings is 1. The normalized spacial score (nSPS) is 16.4. The quantitative estimate of drug-likeness (QED) is 0.552. The Hall–Kier alpha value is -3.85. The molecule has 1 aromatic carbocycles. The minimum Gasteiger partial charge on any atom is -0.331 e. The number of aromatic nitrogens is 2. The second-order valence-electron chi connectivity index (χ2n) is 9.70.